The van der Waals surface area contributed by atoms with E-state index in [9.17, 15) is 0 Å². The number of halogens is 1. The predicted molar refractivity (Wildman–Crippen MR) is 46.9 cm³/mol. The van der Waals surface area contributed by atoms with Crippen molar-refractivity contribution in [2.24, 2.45) is 0 Å². The molecule has 0 aromatic rings. The summed E-state index contributed by atoms with van der Waals surface area (Å²) in [5.41, 5.74) is 1.32. The van der Waals surface area contributed by atoms with Gasteiger partial charge in [-0.2, -0.15) is 5.26 Å². The fourth-order valence-electron chi connectivity index (χ4n) is 0.399. The number of nitriles is 1. The molecule has 0 aliphatic heterocycles. The molecule has 0 aliphatic rings. The fourth-order valence-corrected chi connectivity index (χ4v) is 1.33. The molecule has 0 aromatic carbocycles. The first-order chi connectivity index (χ1) is 4.49. The van der Waals surface area contributed by atoms with E-state index in [4.69, 9.17) is 16.9 Å². The summed E-state index contributed by atoms with van der Waals surface area (Å²) < 4.78 is 0.0659. The highest BCUT2D eigenvalue weighted by molar-refractivity contribution is 8.04. The van der Waals surface area contributed by atoms with Crippen LogP contribution < -0.4 is 0 Å². The third kappa shape index (κ3) is 4.72. The van der Waals surface area contributed by atoms with Crippen molar-refractivity contribution >= 4 is 23.4 Å². The van der Waals surface area contributed by atoms with Gasteiger partial charge in [-0.25, -0.2) is 0 Å². The molecule has 56 valence electrons. The molecular weight excluding hydrogens is 166 g/mol. The van der Waals surface area contributed by atoms with Crippen molar-refractivity contribution in [1.82, 2.24) is 0 Å². The zero-order valence-electron chi connectivity index (χ0n) is 6.31. The Kier molecular flexibility index (Phi) is 3.85. The van der Waals surface area contributed by atoms with Crippen molar-refractivity contribution in [3.05, 3.63) is 10.4 Å². The molecule has 0 amide bonds. The molecule has 0 aliphatic carbocycles. The molecule has 0 saturated carbocycles. The highest BCUT2D eigenvalue weighted by atomic mass is 35.5. The number of nitrogens with zero attached hydrogens (tertiary/aromatic N) is 1. The second kappa shape index (κ2) is 3.90. The summed E-state index contributed by atoms with van der Waals surface area (Å²) in [6, 6.07) is 2.00. The number of hydrogen-bond donors (Lipinski definition) is 0. The van der Waals surface area contributed by atoms with Crippen LogP contribution in [-0.2, 0) is 0 Å². The van der Waals surface area contributed by atoms with E-state index in [0.29, 0.717) is 4.91 Å². The molecule has 0 fully saturated rings. The number of rotatable bonds is 1. The van der Waals surface area contributed by atoms with E-state index >= 15 is 0 Å². The standard InChI is InChI=1S/C7H10ClNS/c1-7(2,3)10-6(4-8)5-9/h4H,1-3H3/b6-4+. The maximum Gasteiger partial charge on any atom is 0.107 e. The Hall–Kier alpha value is -0.130. The van der Waals surface area contributed by atoms with Gasteiger partial charge in [-0.1, -0.05) is 32.4 Å². The molecular formula is C7H10ClNS. The molecule has 0 N–H and O–H groups in total. The molecule has 0 aromatic heterocycles. The van der Waals surface area contributed by atoms with Crippen LogP contribution in [0.25, 0.3) is 0 Å². The first-order valence-corrected chi connectivity index (χ1v) is 4.14. The van der Waals surface area contributed by atoms with E-state index in [1.54, 1.807) is 0 Å². The van der Waals surface area contributed by atoms with Gasteiger partial charge in [0, 0.05) is 10.3 Å². The lowest BCUT2D eigenvalue weighted by atomic mass is 10.3. The van der Waals surface area contributed by atoms with Gasteiger partial charge in [0.2, 0.25) is 0 Å². The Morgan fingerprint density at radius 3 is 2.20 bits per heavy atom. The second-order valence-corrected chi connectivity index (χ2v) is 4.89. The highest BCUT2D eigenvalue weighted by Gasteiger charge is 2.12. The van der Waals surface area contributed by atoms with E-state index in [0.717, 1.165) is 0 Å². The lowest BCUT2D eigenvalue weighted by Gasteiger charge is -2.15. The van der Waals surface area contributed by atoms with Gasteiger partial charge >= 0.3 is 0 Å². The van der Waals surface area contributed by atoms with E-state index < -0.39 is 0 Å². The molecule has 3 heteroatoms. The molecule has 0 saturated heterocycles. The maximum absolute atomic E-state index is 8.47. The quantitative estimate of drug-likeness (QED) is 0.572. The van der Waals surface area contributed by atoms with Crippen molar-refractivity contribution in [3.8, 4) is 6.07 Å². The number of thioether (sulfide) groups is 1. The van der Waals surface area contributed by atoms with Gasteiger partial charge in [0.05, 0.1) is 4.91 Å². The Labute approximate surface area is 71.1 Å². The zero-order valence-corrected chi connectivity index (χ0v) is 7.88. The van der Waals surface area contributed by atoms with Gasteiger partial charge in [0.15, 0.2) is 0 Å². The van der Waals surface area contributed by atoms with Crippen molar-refractivity contribution in [2.75, 3.05) is 0 Å². The minimum atomic E-state index is 0.0659. The molecule has 0 rings (SSSR count). The fraction of sp³-hybridized carbons (Fsp3) is 0.571. The Morgan fingerprint density at radius 1 is 1.60 bits per heavy atom. The summed E-state index contributed by atoms with van der Waals surface area (Å²) in [6.07, 6.45) is 0. The third-order valence-corrected chi connectivity index (χ3v) is 2.01. The van der Waals surface area contributed by atoms with Gasteiger partial charge in [0.1, 0.15) is 6.07 Å². The molecule has 0 heterocycles. The molecule has 0 atom stereocenters. The smallest absolute Gasteiger partial charge is 0.107 e. The van der Waals surface area contributed by atoms with Crippen LogP contribution in [-0.4, -0.2) is 4.75 Å². The van der Waals surface area contributed by atoms with Crippen LogP contribution in [0.2, 0.25) is 0 Å². The Balaban J connectivity index is 4.05. The largest absolute Gasteiger partial charge is 0.192 e. The molecule has 0 radical (unpaired) electrons. The van der Waals surface area contributed by atoms with Crippen LogP contribution >= 0.6 is 23.4 Å². The van der Waals surface area contributed by atoms with E-state index in [1.165, 1.54) is 17.3 Å². The van der Waals surface area contributed by atoms with Crippen LogP contribution in [0.4, 0.5) is 0 Å². The summed E-state index contributed by atoms with van der Waals surface area (Å²) in [4.78, 5) is 0.564. The average Bonchev–Trinajstić information content (AvgIpc) is 1.81. The molecule has 0 unspecified atom stereocenters. The van der Waals surface area contributed by atoms with E-state index in [-0.39, 0.29) is 4.75 Å². The maximum atomic E-state index is 8.47. The van der Waals surface area contributed by atoms with Crippen LogP contribution in [0.1, 0.15) is 20.8 Å². The molecule has 1 nitrogen and oxygen atoms in total. The van der Waals surface area contributed by atoms with Gasteiger partial charge < -0.3 is 0 Å². The normalized spacial score (nSPS) is 12.9. The summed E-state index contributed by atoms with van der Waals surface area (Å²) in [6.45, 7) is 6.11. The zero-order chi connectivity index (χ0) is 8.20. The van der Waals surface area contributed by atoms with Crippen LogP contribution in [0.5, 0.6) is 0 Å². The predicted octanol–water partition coefficient (Wildman–Crippen LogP) is 3.12. The van der Waals surface area contributed by atoms with Crippen molar-refractivity contribution in [3.63, 3.8) is 0 Å². The highest BCUT2D eigenvalue weighted by Crippen LogP contribution is 2.30. The van der Waals surface area contributed by atoms with Crippen LogP contribution in [0.3, 0.4) is 0 Å². The summed E-state index contributed by atoms with van der Waals surface area (Å²) >= 11 is 6.84. The molecule has 10 heavy (non-hydrogen) atoms. The minimum Gasteiger partial charge on any atom is -0.192 e. The summed E-state index contributed by atoms with van der Waals surface area (Å²) in [7, 11) is 0. The topological polar surface area (TPSA) is 23.8 Å². The van der Waals surface area contributed by atoms with E-state index in [1.807, 2.05) is 26.8 Å². The monoisotopic (exact) mass is 175 g/mol. The lowest BCUT2D eigenvalue weighted by Crippen LogP contribution is -2.06. The summed E-state index contributed by atoms with van der Waals surface area (Å²) in [5, 5.41) is 8.47. The van der Waals surface area contributed by atoms with Gasteiger partial charge in [-0.15, -0.1) is 11.8 Å². The van der Waals surface area contributed by atoms with Gasteiger partial charge in [-0.3, -0.25) is 0 Å². The first kappa shape index (κ1) is 9.87. The second-order valence-electron chi connectivity index (χ2n) is 2.80. The van der Waals surface area contributed by atoms with Gasteiger partial charge in [0.25, 0.3) is 0 Å². The van der Waals surface area contributed by atoms with Crippen molar-refractivity contribution in [2.45, 2.75) is 25.5 Å². The van der Waals surface area contributed by atoms with Crippen molar-refractivity contribution < 1.29 is 0 Å². The Bertz CT molecular complexity index is 173. The molecule has 0 bridgehead atoms. The first-order valence-electron chi connectivity index (χ1n) is 2.89. The Morgan fingerprint density at radius 2 is 2.10 bits per heavy atom. The number of hydrogen-bond acceptors (Lipinski definition) is 2. The number of allylic oxidation sites excluding steroid dienone is 1. The molecule has 0 spiro atoms. The minimum absolute atomic E-state index is 0.0659. The van der Waals surface area contributed by atoms with Crippen LogP contribution in [0, 0.1) is 11.3 Å². The SMILES string of the molecule is CC(C)(C)S/C(C#N)=C/Cl. The third-order valence-electron chi connectivity index (χ3n) is 0.625. The van der Waals surface area contributed by atoms with Crippen molar-refractivity contribution in [1.29, 1.82) is 5.26 Å². The average molecular weight is 176 g/mol. The van der Waals surface area contributed by atoms with E-state index in [2.05, 4.69) is 0 Å². The lowest BCUT2D eigenvalue weighted by molar-refractivity contribution is 0.807. The van der Waals surface area contributed by atoms with Crippen LogP contribution in [0.15, 0.2) is 10.4 Å². The summed E-state index contributed by atoms with van der Waals surface area (Å²) in [5.74, 6) is 0. The van der Waals surface area contributed by atoms with Gasteiger partial charge in [-0.05, 0) is 0 Å².